The zero-order valence-corrected chi connectivity index (χ0v) is 23.0. The third kappa shape index (κ3) is 6.86. The van der Waals surface area contributed by atoms with Crippen molar-refractivity contribution in [1.82, 2.24) is 20.2 Å². The molecular weight excluding hydrogens is 538 g/mol. The predicted molar refractivity (Wildman–Crippen MR) is 139 cm³/mol. The molecule has 0 bridgehead atoms. The summed E-state index contributed by atoms with van der Waals surface area (Å²) in [6, 6.07) is 0.501. The smallest absolute Gasteiger partial charge is 0.280 e. The molecule has 0 radical (unpaired) electrons. The van der Waals surface area contributed by atoms with Gasteiger partial charge in [0.2, 0.25) is 0 Å². The second kappa shape index (κ2) is 11.0. The van der Waals surface area contributed by atoms with Gasteiger partial charge in [-0.1, -0.05) is 6.92 Å². The van der Waals surface area contributed by atoms with Gasteiger partial charge in [-0.3, -0.25) is 9.59 Å². The van der Waals surface area contributed by atoms with Gasteiger partial charge in [0.15, 0.2) is 5.01 Å². The van der Waals surface area contributed by atoms with E-state index in [1.807, 2.05) is 6.92 Å². The minimum atomic E-state index is -3.10. The number of aliphatic hydroxyl groups is 1. The summed E-state index contributed by atoms with van der Waals surface area (Å²) in [5, 5.41) is 15.4. The number of nitrogens with one attached hydrogen (secondary N) is 2. The Bertz CT molecular complexity index is 1230. The van der Waals surface area contributed by atoms with Crippen molar-refractivity contribution in [2.24, 2.45) is 5.92 Å². The summed E-state index contributed by atoms with van der Waals surface area (Å²) < 4.78 is 56.8. The van der Waals surface area contributed by atoms with Crippen LogP contribution >= 0.6 is 11.3 Å². The van der Waals surface area contributed by atoms with E-state index >= 15 is 0 Å². The van der Waals surface area contributed by atoms with Crippen LogP contribution in [0.15, 0.2) is 12.3 Å². The van der Waals surface area contributed by atoms with Crippen molar-refractivity contribution in [2.45, 2.75) is 83.4 Å². The van der Waals surface area contributed by atoms with Crippen LogP contribution in [0.3, 0.4) is 0 Å². The molecule has 2 aromatic heterocycles. The standard InChI is InChI=1S/C26H33F4N5O3S/c1-5-17(14-6-7-14)33-18-8-15(21(27)28)16(10-31-18)20-19(24(37)35-12-26(29,30)9-13(35)2)34-23(39-20)22(36)32-11-25(3,4)38/h8,10,13-14,17,21,38H,5-7,9,11-12H2,1-4H3,(H,31,33)(H,32,36)/t13-,17-/m0/s1. The minimum absolute atomic E-state index is 0.0561. The number of amides is 2. The molecule has 0 aromatic carbocycles. The minimum Gasteiger partial charge on any atom is -0.389 e. The summed E-state index contributed by atoms with van der Waals surface area (Å²) in [4.78, 5) is 35.6. The Morgan fingerprint density at radius 3 is 2.54 bits per heavy atom. The molecule has 13 heteroatoms. The third-order valence-corrected chi connectivity index (χ3v) is 7.96. The average molecular weight is 572 g/mol. The predicted octanol–water partition coefficient (Wildman–Crippen LogP) is 5.11. The van der Waals surface area contributed by atoms with Gasteiger partial charge in [0, 0.05) is 42.4 Å². The van der Waals surface area contributed by atoms with Crippen LogP contribution in [-0.2, 0) is 0 Å². The number of rotatable bonds is 10. The van der Waals surface area contributed by atoms with Gasteiger partial charge in [0.1, 0.15) is 11.5 Å². The van der Waals surface area contributed by atoms with E-state index in [1.165, 1.54) is 33.0 Å². The Kier molecular flexibility index (Phi) is 8.23. The van der Waals surface area contributed by atoms with Gasteiger partial charge in [-0.25, -0.2) is 27.5 Å². The van der Waals surface area contributed by atoms with Crippen molar-refractivity contribution in [3.8, 4) is 10.4 Å². The number of aromatic nitrogens is 2. The number of carbonyl (C=O) groups excluding carboxylic acids is 2. The fourth-order valence-corrected chi connectivity index (χ4v) is 5.70. The Morgan fingerprint density at radius 2 is 2.00 bits per heavy atom. The highest BCUT2D eigenvalue weighted by Crippen LogP contribution is 2.41. The number of likely N-dealkylation sites (tertiary alicyclic amines) is 1. The molecule has 3 heterocycles. The summed E-state index contributed by atoms with van der Waals surface area (Å²) >= 11 is 0.697. The van der Waals surface area contributed by atoms with Gasteiger partial charge >= 0.3 is 0 Å². The van der Waals surface area contributed by atoms with Crippen molar-refractivity contribution in [3.05, 3.63) is 28.5 Å². The quantitative estimate of drug-likeness (QED) is 0.342. The highest BCUT2D eigenvalue weighted by atomic mass is 32.1. The summed E-state index contributed by atoms with van der Waals surface area (Å²) in [6.45, 7) is 5.45. The van der Waals surface area contributed by atoms with Crippen LogP contribution in [0.5, 0.6) is 0 Å². The second-order valence-electron chi connectivity index (χ2n) is 11.0. The number of carbonyl (C=O) groups is 2. The SMILES string of the molecule is CC[C@H](Nc1cc(C(F)F)c(-c2sc(C(=O)NCC(C)(C)O)nc2C(=O)N2CC(F)(F)C[C@@H]2C)cn1)C1CC1. The van der Waals surface area contributed by atoms with E-state index in [4.69, 9.17) is 0 Å². The van der Waals surface area contributed by atoms with E-state index in [0.29, 0.717) is 17.3 Å². The van der Waals surface area contributed by atoms with E-state index in [1.54, 1.807) is 0 Å². The van der Waals surface area contributed by atoms with E-state index in [0.717, 1.165) is 24.2 Å². The van der Waals surface area contributed by atoms with Crippen molar-refractivity contribution in [2.75, 3.05) is 18.4 Å². The Morgan fingerprint density at radius 1 is 1.31 bits per heavy atom. The third-order valence-electron chi connectivity index (χ3n) is 6.87. The molecule has 8 nitrogen and oxygen atoms in total. The molecule has 2 amide bonds. The summed E-state index contributed by atoms with van der Waals surface area (Å²) in [7, 11) is 0. The topological polar surface area (TPSA) is 107 Å². The molecule has 1 aliphatic heterocycles. The highest BCUT2D eigenvalue weighted by molar-refractivity contribution is 7.17. The molecule has 1 aliphatic carbocycles. The van der Waals surface area contributed by atoms with Crippen LogP contribution in [0.1, 0.15) is 85.7 Å². The number of pyridine rings is 1. The second-order valence-corrected chi connectivity index (χ2v) is 12.0. The molecule has 2 atom stereocenters. The van der Waals surface area contributed by atoms with Gasteiger partial charge in [-0.05, 0) is 52.0 Å². The first-order valence-electron chi connectivity index (χ1n) is 12.9. The van der Waals surface area contributed by atoms with Crippen molar-refractivity contribution in [1.29, 1.82) is 0 Å². The molecule has 1 saturated heterocycles. The van der Waals surface area contributed by atoms with Crippen molar-refractivity contribution < 1.29 is 32.3 Å². The number of hydrogen-bond acceptors (Lipinski definition) is 7. The number of thiazole rings is 1. The molecule has 2 aliphatic rings. The maximum absolute atomic E-state index is 14.3. The van der Waals surface area contributed by atoms with E-state index < -0.39 is 54.3 Å². The normalized spacial score (nSPS) is 19.8. The fourth-order valence-electron chi connectivity index (χ4n) is 4.70. The summed E-state index contributed by atoms with van der Waals surface area (Å²) in [5.41, 5.74) is -2.13. The van der Waals surface area contributed by atoms with Crippen LogP contribution in [0.2, 0.25) is 0 Å². The molecular formula is C26H33F4N5O3S. The maximum Gasteiger partial charge on any atom is 0.280 e. The lowest BCUT2D eigenvalue weighted by atomic mass is 10.1. The fraction of sp³-hybridized carbons (Fsp3) is 0.615. The number of anilines is 1. The van der Waals surface area contributed by atoms with Gasteiger partial charge in [-0.2, -0.15) is 0 Å². The number of nitrogens with zero attached hydrogens (tertiary/aromatic N) is 3. The van der Waals surface area contributed by atoms with Gasteiger partial charge in [-0.15, -0.1) is 11.3 Å². The maximum atomic E-state index is 14.3. The molecule has 2 aromatic rings. The average Bonchev–Trinajstić information content (AvgIpc) is 3.53. The number of hydrogen-bond donors (Lipinski definition) is 3. The molecule has 2 fully saturated rings. The van der Waals surface area contributed by atoms with Gasteiger partial charge in [0.25, 0.3) is 24.2 Å². The van der Waals surface area contributed by atoms with Crippen LogP contribution in [0, 0.1) is 5.92 Å². The van der Waals surface area contributed by atoms with Crippen molar-refractivity contribution >= 4 is 29.0 Å². The van der Waals surface area contributed by atoms with Crippen LogP contribution in [-0.4, -0.2) is 68.5 Å². The summed E-state index contributed by atoms with van der Waals surface area (Å²) in [6.07, 6.45) is 0.633. The van der Waals surface area contributed by atoms with Crippen molar-refractivity contribution in [3.63, 3.8) is 0 Å². The molecule has 39 heavy (non-hydrogen) atoms. The Labute approximate surface area is 228 Å². The zero-order chi connectivity index (χ0) is 28.7. The first kappa shape index (κ1) is 29.2. The molecule has 1 saturated carbocycles. The highest BCUT2D eigenvalue weighted by Gasteiger charge is 2.46. The number of alkyl halides is 4. The largest absolute Gasteiger partial charge is 0.389 e. The van der Waals surface area contributed by atoms with Crippen LogP contribution in [0.25, 0.3) is 10.4 Å². The number of halogens is 4. The molecule has 3 N–H and O–H groups in total. The molecule has 0 unspecified atom stereocenters. The monoisotopic (exact) mass is 571 g/mol. The Hall–Kier alpha value is -2.80. The Balaban J connectivity index is 1.74. The lowest BCUT2D eigenvalue weighted by Gasteiger charge is -2.21. The van der Waals surface area contributed by atoms with Crippen LogP contribution in [0.4, 0.5) is 23.4 Å². The van der Waals surface area contributed by atoms with E-state index in [2.05, 4.69) is 20.6 Å². The molecule has 0 spiro atoms. The first-order chi connectivity index (χ1) is 18.2. The molecule has 4 rings (SSSR count). The summed E-state index contributed by atoms with van der Waals surface area (Å²) in [5.74, 6) is -3.99. The van der Waals surface area contributed by atoms with E-state index in [-0.39, 0.29) is 39.5 Å². The molecule has 214 valence electrons. The first-order valence-corrected chi connectivity index (χ1v) is 13.8. The lowest BCUT2D eigenvalue weighted by Crippen LogP contribution is -2.38. The zero-order valence-electron chi connectivity index (χ0n) is 22.2. The van der Waals surface area contributed by atoms with Gasteiger partial charge < -0.3 is 20.6 Å². The van der Waals surface area contributed by atoms with Gasteiger partial charge in [0.05, 0.1) is 17.0 Å². The van der Waals surface area contributed by atoms with E-state index in [9.17, 15) is 32.3 Å². The van der Waals surface area contributed by atoms with Crippen LogP contribution < -0.4 is 10.6 Å². The lowest BCUT2D eigenvalue weighted by molar-refractivity contribution is 0.0118.